The molecule has 0 amide bonds. The number of likely N-dealkylation sites (tertiary alicyclic amines) is 1. The van der Waals surface area contributed by atoms with Crippen LogP contribution < -0.4 is 5.32 Å². The third-order valence-corrected chi connectivity index (χ3v) is 4.74. The quantitative estimate of drug-likeness (QED) is 0.450. The Hall–Kier alpha value is -0.0100. The van der Waals surface area contributed by atoms with Crippen molar-refractivity contribution in [3.63, 3.8) is 0 Å². The number of halogens is 2. The van der Waals surface area contributed by atoms with Crippen LogP contribution in [-0.4, -0.2) is 37.5 Å². The fraction of sp³-hybridized carbons (Fsp3) is 0.643. The standard InChI is InChI=1S/C14H22ClN3S.HI/c1-11-4-3-9-18(10-11)14(16-2)17-8-7-12-5-6-13(15)19-12;/h5-6,11H,3-4,7-10H2,1-2H3,(H,16,17);1H. The molecule has 0 bridgehead atoms. The van der Waals surface area contributed by atoms with Gasteiger partial charge in [-0.2, -0.15) is 0 Å². The molecule has 114 valence electrons. The molecule has 1 unspecified atom stereocenters. The first-order valence-electron chi connectivity index (χ1n) is 6.89. The highest BCUT2D eigenvalue weighted by Crippen LogP contribution is 2.21. The van der Waals surface area contributed by atoms with Crippen LogP contribution in [0.1, 0.15) is 24.6 Å². The molecule has 1 aliphatic rings. The molecule has 0 saturated carbocycles. The molecule has 1 aromatic rings. The predicted molar refractivity (Wildman–Crippen MR) is 99.8 cm³/mol. The van der Waals surface area contributed by atoms with Gasteiger partial charge in [-0.3, -0.25) is 4.99 Å². The Kier molecular flexibility index (Phi) is 8.21. The summed E-state index contributed by atoms with van der Waals surface area (Å²) >= 11 is 7.59. The summed E-state index contributed by atoms with van der Waals surface area (Å²) in [4.78, 5) is 8.08. The Bertz CT molecular complexity index is 436. The predicted octanol–water partition coefficient (Wildman–Crippen LogP) is 3.87. The van der Waals surface area contributed by atoms with Crippen molar-refractivity contribution in [3.8, 4) is 0 Å². The van der Waals surface area contributed by atoms with E-state index in [2.05, 4.69) is 28.2 Å². The van der Waals surface area contributed by atoms with Gasteiger partial charge in [0.05, 0.1) is 4.34 Å². The van der Waals surface area contributed by atoms with E-state index in [1.165, 1.54) is 17.7 Å². The van der Waals surface area contributed by atoms with Gasteiger partial charge in [0.15, 0.2) is 5.96 Å². The lowest BCUT2D eigenvalue weighted by molar-refractivity contribution is 0.266. The van der Waals surface area contributed by atoms with Gasteiger partial charge in [0.1, 0.15) is 0 Å². The number of guanidine groups is 1. The minimum atomic E-state index is 0. The zero-order valence-corrected chi connectivity index (χ0v) is 16.0. The van der Waals surface area contributed by atoms with Crippen LogP contribution in [0.15, 0.2) is 17.1 Å². The van der Waals surface area contributed by atoms with Crippen LogP contribution in [0, 0.1) is 5.92 Å². The fourth-order valence-corrected chi connectivity index (χ4v) is 3.58. The van der Waals surface area contributed by atoms with Crippen LogP contribution >= 0.6 is 46.9 Å². The first-order chi connectivity index (χ1) is 9.19. The number of hydrogen-bond donors (Lipinski definition) is 1. The summed E-state index contributed by atoms with van der Waals surface area (Å²) < 4.78 is 0.865. The average molecular weight is 428 g/mol. The number of nitrogens with one attached hydrogen (secondary N) is 1. The molecule has 0 aromatic carbocycles. The van der Waals surface area contributed by atoms with E-state index < -0.39 is 0 Å². The molecule has 0 aliphatic carbocycles. The van der Waals surface area contributed by atoms with Crippen molar-refractivity contribution < 1.29 is 0 Å². The zero-order valence-electron chi connectivity index (χ0n) is 12.1. The molecule has 1 fully saturated rings. The molecular formula is C14H23ClIN3S. The highest BCUT2D eigenvalue weighted by molar-refractivity contribution is 14.0. The molecule has 1 N–H and O–H groups in total. The lowest BCUT2D eigenvalue weighted by Crippen LogP contribution is -2.46. The molecule has 0 radical (unpaired) electrons. The number of rotatable bonds is 3. The molecule has 20 heavy (non-hydrogen) atoms. The highest BCUT2D eigenvalue weighted by atomic mass is 127. The Balaban J connectivity index is 0.00000200. The Morgan fingerprint density at radius 1 is 1.55 bits per heavy atom. The van der Waals surface area contributed by atoms with Gasteiger partial charge in [-0.15, -0.1) is 35.3 Å². The van der Waals surface area contributed by atoms with E-state index in [1.54, 1.807) is 11.3 Å². The van der Waals surface area contributed by atoms with Gasteiger partial charge in [0, 0.05) is 31.6 Å². The Labute approximate surface area is 147 Å². The molecule has 1 aliphatic heterocycles. The molecule has 0 spiro atoms. The van der Waals surface area contributed by atoms with Crippen LogP contribution in [0.25, 0.3) is 0 Å². The summed E-state index contributed by atoms with van der Waals surface area (Å²) in [6, 6.07) is 4.06. The van der Waals surface area contributed by atoms with Crippen LogP contribution in [0.5, 0.6) is 0 Å². The van der Waals surface area contributed by atoms with E-state index in [-0.39, 0.29) is 24.0 Å². The summed E-state index contributed by atoms with van der Waals surface area (Å²) in [6.45, 7) is 5.46. The number of aliphatic imine (C=N–C) groups is 1. The lowest BCUT2D eigenvalue weighted by Gasteiger charge is -2.33. The van der Waals surface area contributed by atoms with Crippen molar-refractivity contribution in [1.29, 1.82) is 0 Å². The average Bonchev–Trinajstić information content (AvgIpc) is 2.80. The number of hydrogen-bond acceptors (Lipinski definition) is 2. The summed E-state index contributed by atoms with van der Waals surface area (Å²) in [6.07, 6.45) is 3.60. The number of thiophene rings is 1. The van der Waals surface area contributed by atoms with Crippen molar-refractivity contribution in [2.24, 2.45) is 10.9 Å². The minimum absolute atomic E-state index is 0. The van der Waals surface area contributed by atoms with Gasteiger partial charge < -0.3 is 10.2 Å². The SMILES string of the molecule is CN=C(NCCc1ccc(Cl)s1)N1CCCC(C)C1.I. The van der Waals surface area contributed by atoms with Crippen molar-refractivity contribution in [3.05, 3.63) is 21.3 Å². The molecule has 3 nitrogen and oxygen atoms in total. The lowest BCUT2D eigenvalue weighted by atomic mass is 10.0. The van der Waals surface area contributed by atoms with Gasteiger partial charge in [0.2, 0.25) is 0 Å². The second kappa shape index (κ2) is 9.10. The summed E-state index contributed by atoms with van der Waals surface area (Å²) in [5.74, 6) is 1.80. The van der Waals surface area contributed by atoms with Gasteiger partial charge in [-0.05, 0) is 37.3 Å². The summed E-state index contributed by atoms with van der Waals surface area (Å²) in [5, 5.41) is 3.46. The third kappa shape index (κ3) is 5.41. The summed E-state index contributed by atoms with van der Waals surface area (Å²) in [5.41, 5.74) is 0. The molecule has 1 aromatic heterocycles. The van der Waals surface area contributed by atoms with Crippen LogP contribution in [0.3, 0.4) is 0 Å². The molecule has 2 heterocycles. The van der Waals surface area contributed by atoms with Gasteiger partial charge >= 0.3 is 0 Å². The Morgan fingerprint density at radius 2 is 2.35 bits per heavy atom. The van der Waals surface area contributed by atoms with E-state index in [9.17, 15) is 0 Å². The molecular weight excluding hydrogens is 405 g/mol. The van der Waals surface area contributed by atoms with Crippen molar-refractivity contribution in [1.82, 2.24) is 10.2 Å². The van der Waals surface area contributed by atoms with Crippen molar-refractivity contribution >= 4 is 52.9 Å². The third-order valence-electron chi connectivity index (χ3n) is 3.45. The van der Waals surface area contributed by atoms with Gasteiger partial charge in [0.25, 0.3) is 0 Å². The first kappa shape index (κ1) is 18.0. The smallest absolute Gasteiger partial charge is 0.193 e. The van der Waals surface area contributed by atoms with Gasteiger partial charge in [-0.25, -0.2) is 0 Å². The topological polar surface area (TPSA) is 27.6 Å². The van der Waals surface area contributed by atoms with Crippen LogP contribution in [-0.2, 0) is 6.42 Å². The molecule has 1 saturated heterocycles. The van der Waals surface area contributed by atoms with Crippen LogP contribution in [0.2, 0.25) is 4.34 Å². The normalized spacial score (nSPS) is 19.6. The zero-order chi connectivity index (χ0) is 13.7. The monoisotopic (exact) mass is 427 g/mol. The largest absolute Gasteiger partial charge is 0.356 e. The highest BCUT2D eigenvalue weighted by Gasteiger charge is 2.18. The van der Waals surface area contributed by atoms with E-state index in [4.69, 9.17) is 11.6 Å². The molecule has 1 atom stereocenters. The maximum atomic E-state index is 5.93. The van der Waals surface area contributed by atoms with E-state index in [0.29, 0.717) is 0 Å². The van der Waals surface area contributed by atoms with Crippen molar-refractivity contribution in [2.75, 3.05) is 26.7 Å². The van der Waals surface area contributed by atoms with E-state index in [0.717, 1.165) is 42.3 Å². The van der Waals surface area contributed by atoms with Crippen LogP contribution in [0.4, 0.5) is 0 Å². The number of nitrogens with zero attached hydrogens (tertiary/aromatic N) is 2. The Morgan fingerprint density at radius 3 is 2.95 bits per heavy atom. The molecule has 2 rings (SSSR count). The maximum absolute atomic E-state index is 5.93. The second-order valence-electron chi connectivity index (χ2n) is 5.12. The summed E-state index contributed by atoms with van der Waals surface area (Å²) in [7, 11) is 1.86. The van der Waals surface area contributed by atoms with E-state index >= 15 is 0 Å². The second-order valence-corrected chi connectivity index (χ2v) is 6.92. The van der Waals surface area contributed by atoms with Crippen molar-refractivity contribution in [2.45, 2.75) is 26.2 Å². The van der Waals surface area contributed by atoms with E-state index in [1.807, 2.05) is 13.1 Å². The maximum Gasteiger partial charge on any atom is 0.193 e. The first-order valence-corrected chi connectivity index (χ1v) is 8.08. The number of piperidine rings is 1. The minimum Gasteiger partial charge on any atom is -0.356 e. The fourth-order valence-electron chi connectivity index (χ4n) is 2.50. The van der Waals surface area contributed by atoms with Gasteiger partial charge in [-0.1, -0.05) is 18.5 Å². The molecule has 6 heteroatoms.